The van der Waals surface area contributed by atoms with Crippen molar-refractivity contribution < 1.29 is 34.6 Å². The van der Waals surface area contributed by atoms with E-state index in [0.717, 1.165) is 27.2 Å². The summed E-state index contributed by atoms with van der Waals surface area (Å²) >= 11 is 1.73. The van der Waals surface area contributed by atoms with Crippen molar-refractivity contribution in [1.82, 2.24) is 4.98 Å². The third-order valence-electron chi connectivity index (χ3n) is 7.21. The zero-order chi connectivity index (χ0) is 29.4. The van der Waals surface area contributed by atoms with Gasteiger partial charge in [0.25, 0.3) is 0 Å². The van der Waals surface area contributed by atoms with E-state index in [0.29, 0.717) is 0 Å². The number of aliphatic hydroxyl groups excluding tert-OH is 1. The first-order valence-corrected chi connectivity index (χ1v) is 14.5. The summed E-state index contributed by atoms with van der Waals surface area (Å²) in [7, 11) is 4.54. The number of benzene rings is 4. The number of fused-ring (bicyclic) bond motifs is 6. The number of pyridine rings is 2. The number of thiophene rings is 1. The van der Waals surface area contributed by atoms with Gasteiger partial charge in [0.1, 0.15) is 16.0 Å². The number of carbonyl (C=O) groups excluding carboxylic acids is 1. The molecule has 0 spiro atoms. The van der Waals surface area contributed by atoms with Crippen LogP contribution in [0.3, 0.4) is 0 Å². The van der Waals surface area contributed by atoms with Gasteiger partial charge in [-0.15, -0.1) is 17.7 Å². The molecular formula is C37H29IrN2O2S-. The minimum absolute atomic E-state index is 0. The van der Waals surface area contributed by atoms with E-state index in [9.17, 15) is 4.79 Å². The Bertz CT molecular complexity index is 2160. The molecule has 7 rings (SSSR count). The summed E-state index contributed by atoms with van der Waals surface area (Å²) in [6.07, 6.45) is 3.03. The van der Waals surface area contributed by atoms with E-state index in [2.05, 4.69) is 115 Å². The average molecular weight is 758 g/mol. The number of hydrogen-bond donors (Lipinski definition) is 1. The summed E-state index contributed by atoms with van der Waals surface area (Å²) < 4.78 is 3.28. The molecule has 6 heteroatoms. The molecule has 43 heavy (non-hydrogen) atoms. The van der Waals surface area contributed by atoms with E-state index >= 15 is 0 Å². The fourth-order valence-electron chi connectivity index (χ4n) is 5.50. The van der Waals surface area contributed by atoms with Crippen LogP contribution in [0.4, 0.5) is 0 Å². The fourth-order valence-corrected chi connectivity index (χ4v) is 6.63. The standard InChI is InChI=1S/C32H21N2S.C5H8O2.Ir/c1-20-17-26-24-13-8-16-33-32(24)35-31(26)27(18-20)29-19-25(21-9-4-3-5-10-21)30-23-12-7-6-11-22(23)14-15-28(30)34(29)2;1-4(6)3-5(2)7;/h3-17,19H,2H2,1H3;3,6H,1-2H3;/q-1;;/b;4-3-;. The van der Waals surface area contributed by atoms with Crippen LogP contribution in [0.25, 0.3) is 64.4 Å². The number of rotatable bonds is 3. The topological polar surface area (TPSA) is 54.1 Å². The van der Waals surface area contributed by atoms with Crippen LogP contribution in [0.15, 0.2) is 109 Å². The third kappa shape index (κ3) is 5.82. The van der Waals surface area contributed by atoms with Crippen molar-refractivity contribution in [2.24, 2.45) is 0 Å². The van der Waals surface area contributed by atoms with Crippen LogP contribution in [0.1, 0.15) is 19.4 Å². The van der Waals surface area contributed by atoms with Gasteiger partial charge in [-0.2, -0.15) is 11.3 Å². The Morgan fingerprint density at radius 2 is 1.65 bits per heavy atom. The molecule has 215 valence electrons. The maximum absolute atomic E-state index is 10.0. The molecule has 7 aromatic rings. The number of aliphatic hydroxyl groups is 1. The van der Waals surface area contributed by atoms with Crippen molar-refractivity contribution in [3.8, 4) is 22.4 Å². The van der Waals surface area contributed by atoms with Gasteiger partial charge in [-0.05, 0) is 64.0 Å². The number of ketones is 1. The average Bonchev–Trinajstić information content (AvgIpc) is 3.35. The molecule has 0 saturated carbocycles. The van der Waals surface area contributed by atoms with Crippen LogP contribution in [-0.4, -0.2) is 15.9 Å². The monoisotopic (exact) mass is 758 g/mol. The van der Waals surface area contributed by atoms with Crippen molar-refractivity contribution >= 4 is 59.1 Å². The Kier molecular flexibility index (Phi) is 8.74. The van der Waals surface area contributed by atoms with Crippen LogP contribution in [-0.2, 0) is 24.9 Å². The van der Waals surface area contributed by atoms with E-state index in [4.69, 9.17) is 5.11 Å². The van der Waals surface area contributed by atoms with Crippen molar-refractivity contribution in [2.45, 2.75) is 20.8 Å². The Labute approximate surface area is 268 Å². The first kappa shape index (κ1) is 30.1. The van der Waals surface area contributed by atoms with Gasteiger partial charge in [-0.1, -0.05) is 84.6 Å². The summed E-state index contributed by atoms with van der Waals surface area (Å²) in [4.78, 5) is 15.7. The zero-order valence-corrected chi connectivity index (χ0v) is 27.2. The summed E-state index contributed by atoms with van der Waals surface area (Å²) in [5, 5.41) is 14.5. The minimum Gasteiger partial charge on any atom is -0.512 e. The fraction of sp³-hybridized carbons (Fsp3) is 0.0811. The maximum atomic E-state index is 10.0. The Hall–Kier alpha value is -4.35. The summed E-state index contributed by atoms with van der Waals surface area (Å²) in [5.41, 5.74) is 6.72. The van der Waals surface area contributed by atoms with Crippen molar-refractivity contribution in [3.05, 3.63) is 128 Å². The molecule has 1 radical (unpaired) electrons. The molecule has 3 aromatic heterocycles. The van der Waals surface area contributed by atoms with Crippen molar-refractivity contribution in [2.75, 3.05) is 0 Å². The number of carbonyl (C=O) groups is 1. The normalized spacial score (nSPS) is 11.4. The van der Waals surface area contributed by atoms with E-state index in [-0.39, 0.29) is 31.6 Å². The van der Waals surface area contributed by atoms with Gasteiger partial charge in [0.15, 0.2) is 5.78 Å². The molecule has 0 amide bonds. The molecule has 0 fully saturated rings. The predicted molar refractivity (Wildman–Crippen MR) is 175 cm³/mol. The molecular weight excluding hydrogens is 729 g/mol. The molecule has 4 nitrogen and oxygen atoms in total. The second-order valence-electron chi connectivity index (χ2n) is 10.3. The second kappa shape index (κ2) is 12.5. The Morgan fingerprint density at radius 1 is 0.930 bits per heavy atom. The largest absolute Gasteiger partial charge is 0.512 e. The number of aromatic nitrogens is 2. The molecule has 0 aliphatic heterocycles. The number of nitrogens with zero attached hydrogens (tertiary/aromatic N) is 2. The van der Waals surface area contributed by atoms with Crippen LogP contribution in [0, 0.1) is 20.0 Å². The Balaban J connectivity index is 0.000000415. The van der Waals surface area contributed by atoms with E-state index in [1.165, 1.54) is 62.7 Å². The molecule has 0 aliphatic carbocycles. The molecule has 0 unspecified atom stereocenters. The molecule has 0 bridgehead atoms. The molecule has 3 heterocycles. The molecule has 0 saturated heterocycles. The quantitative estimate of drug-likeness (QED) is 0.0644. The van der Waals surface area contributed by atoms with Crippen molar-refractivity contribution in [3.63, 3.8) is 0 Å². The summed E-state index contributed by atoms with van der Waals surface area (Å²) in [6, 6.07) is 36.0. The van der Waals surface area contributed by atoms with Gasteiger partial charge in [0.05, 0.1) is 5.76 Å². The van der Waals surface area contributed by atoms with E-state index in [1.54, 1.807) is 11.3 Å². The van der Waals surface area contributed by atoms with Gasteiger partial charge in [0, 0.05) is 44.8 Å². The van der Waals surface area contributed by atoms with Gasteiger partial charge in [-0.25, -0.2) is 4.98 Å². The Morgan fingerprint density at radius 3 is 2.37 bits per heavy atom. The van der Waals surface area contributed by atoms with E-state index in [1.807, 2.05) is 12.3 Å². The molecule has 0 atom stereocenters. The SMILES string of the molecule is CC(=O)/C=C(/C)O.[CH2-][n+]1c(-c2[c-]c(C)cc3c2sc2ncccc23)cc(-c2ccccc2)c2c3ccccc3ccc21.[Ir]. The van der Waals surface area contributed by atoms with Crippen molar-refractivity contribution in [1.29, 1.82) is 0 Å². The van der Waals surface area contributed by atoms with E-state index < -0.39 is 0 Å². The molecule has 1 N–H and O–H groups in total. The molecule has 0 aliphatic rings. The van der Waals surface area contributed by atoms with Crippen LogP contribution >= 0.6 is 11.3 Å². The number of aryl methyl sites for hydroxylation is 1. The van der Waals surface area contributed by atoms with Gasteiger partial charge < -0.3 is 9.67 Å². The van der Waals surface area contributed by atoms with Crippen LogP contribution < -0.4 is 4.57 Å². The van der Waals surface area contributed by atoms with Gasteiger partial charge in [-0.3, -0.25) is 4.79 Å². The van der Waals surface area contributed by atoms with Gasteiger partial charge in [0.2, 0.25) is 0 Å². The first-order chi connectivity index (χ1) is 20.3. The maximum Gasteiger partial charge on any atom is 0.155 e. The predicted octanol–water partition coefficient (Wildman–Crippen LogP) is 9.16. The van der Waals surface area contributed by atoms with Crippen LogP contribution in [0.2, 0.25) is 0 Å². The zero-order valence-electron chi connectivity index (χ0n) is 24.0. The minimum atomic E-state index is -0.125. The summed E-state index contributed by atoms with van der Waals surface area (Å²) in [5.74, 6) is -0.0625. The summed E-state index contributed by atoms with van der Waals surface area (Å²) in [6.45, 7) is 4.96. The number of hydrogen-bond acceptors (Lipinski definition) is 4. The smallest absolute Gasteiger partial charge is 0.155 e. The van der Waals surface area contributed by atoms with Gasteiger partial charge >= 0.3 is 0 Å². The third-order valence-corrected chi connectivity index (χ3v) is 8.35. The first-order valence-electron chi connectivity index (χ1n) is 13.7. The number of allylic oxidation sites excluding steroid dienone is 2. The van der Waals surface area contributed by atoms with Crippen LogP contribution in [0.5, 0.6) is 0 Å². The second-order valence-corrected chi connectivity index (χ2v) is 11.3. The molecule has 4 aromatic carbocycles.